The van der Waals surface area contributed by atoms with E-state index < -0.39 is 6.10 Å². The van der Waals surface area contributed by atoms with Crippen molar-refractivity contribution >= 4 is 5.91 Å². The Morgan fingerprint density at radius 1 is 1.47 bits per heavy atom. The molecule has 0 aliphatic heterocycles. The van der Waals surface area contributed by atoms with E-state index in [-0.39, 0.29) is 11.9 Å². The van der Waals surface area contributed by atoms with E-state index in [9.17, 15) is 4.79 Å². The van der Waals surface area contributed by atoms with Gasteiger partial charge in [-0.3, -0.25) is 4.79 Å². The molecular formula is C13H20N2O2. The maximum Gasteiger partial charge on any atom is 0.260 e. The molecular weight excluding hydrogens is 216 g/mol. The lowest BCUT2D eigenvalue weighted by Gasteiger charge is -2.15. The fourth-order valence-corrected chi connectivity index (χ4v) is 1.45. The summed E-state index contributed by atoms with van der Waals surface area (Å²) in [7, 11) is 0. The van der Waals surface area contributed by atoms with Crippen molar-refractivity contribution in [3.05, 3.63) is 29.8 Å². The highest BCUT2D eigenvalue weighted by atomic mass is 16.5. The van der Waals surface area contributed by atoms with Crippen molar-refractivity contribution in [3.8, 4) is 5.75 Å². The second-order valence-corrected chi connectivity index (χ2v) is 4.02. The summed E-state index contributed by atoms with van der Waals surface area (Å²) in [5.74, 6) is 0.553. The quantitative estimate of drug-likeness (QED) is 0.816. The number of hydrogen-bond donors (Lipinski definition) is 2. The molecule has 0 saturated heterocycles. The molecule has 0 radical (unpaired) electrons. The summed E-state index contributed by atoms with van der Waals surface area (Å²) in [6.07, 6.45) is -0.502. The zero-order valence-corrected chi connectivity index (χ0v) is 10.6. The molecule has 1 aromatic rings. The zero-order chi connectivity index (χ0) is 12.8. The Morgan fingerprint density at radius 2 is 2.18 bits per heavy atom. The summed E-state index contributed by atoms with van der Waals surface area (Å²) in [5, 5.41) is 2.71. The Labute approximate surface area is 102 Å². The second kappa shape index (κ2) is 6.25. The topological polar surface area (TPSA) is 64.3 Å². The maximum absolute atomic E-state index is 11.5. The van der Waals surface area contributed by atoms with Crippen molar-refractivity contribution in [3.63, 3.8) is 0 Å². The van der Waals surface area contributed by atoms with Gasteiger partial charge in [-0.25, -0.2) is 0 Å². The molecule has 0 bridgehead atoms. The molecule has 1 rings (SSSR count). The average Bonchev–Trinajstić information content (AvgIpc) is 2.29. The summed E-state index contributed by atoms with van der Waals surface area (Å²) in [6.45, 7) is 6.11. The van der Waals surface area contributed by atoms with Crippen molar-refractivity contribution in [1.29, 1.82) is 0 Å². The first-order valence-corrected chi connectivity index (χ1v) is 5.84. The fourth-order valence-electron chi connectivity index (χ4n) is 1.45. The Bertz CT molecular complexity index is 377. The summed E-state index contributed by atoms with van der Waals surface area (Å²) in [6, 6.07) is 7.45. The fraction of sp³-hybridized carbons (Fsp3) is 0.462. The number of likely N-dealkylation sites (N-methyl/N-ethyl adjacent to an activating group) is 1. The van der Waals surface area contributed by atoms with Crippen molar-refractivity contribution < 1.29 is 9.53 Å². The van der Waals surface area contributed by atoms with Gasteiger partial charge in [-0.05, 0) is 38.5 Å². The van der Waals surface area contributed by atoms with Crippen LogP contribution in [0.1, 0.15) is 32.4 Å². The first-order chi connectivity index (χ1) is 8.04. The van der Waals surface area contributed by atoms with Crippen molar-refractivity contribution in [1.82, 2.24) is 5.32 Å². The molecule has 1 aromatic carbocycles. The van der Waals surface area contributed by atoms with E-state index in [2.05, 4.69) is 5.32 Å². The third-order valence-corrected chi connectivity index (χ3v) is 2.42. The van der Waals surface area contributed by atoms with Crippen LogP contribution in [0.3, 0.4) is 0 Å². The largest absolute Gasteiger partial charge is 0.481 e. The molecule has 0 aromatic heterocycles. The van der Waals surface area contributed by atoms with E-state index in [0.717, 1.165) is 5.56 Å². The minimum absolute atomic E-state index is 0.0432. The minimum atomic E-state index is -0.502. The van der Waals surface area contributed by atoms with Crippen LogP contribution in [0, 0.1) is 0 Å². The number of hydrogen-bond acceptors (Lipinski definition) is 3. The van der Waals surface area contributed by atoms with E-state index in [0.29, 0.717) is 12.3 Å². The van der Waals surface area contributed by atoms with Crippen LogP contribution in [0.25, 0.3) is 0 Å². The van der Waals surface area contributed by atoms with Gasteiger partial charge in [0.05, 0.1) is 0 Å². The Hall–Kier alpha value is -1.55. The van der Waals surface area contributed by atoms with Crippen LogP contribution in [0.2, 0.25) is 0 Å². The summed E-state index contributed by atoms with van der Waals surface area (Å²) in [4.78, 5) is 11.5. The Balaban J connectivity index is 2.68. The molecule has 0 aliphatic rings. The Morgan fingerprint density at radius 3 is 2.76 bits per heavy atom. The smallest absolute Gasteiger partial charge is 0.260 e. The number of amides is 1. The standard InChI is InChI=1S/C13H20N2O2/c1-4-15-13(16)10(3)17-12-7-5-6-11(8-12)9(2)14/h5-10H,4,14H2,1-3H3,(H,15,16)/t9-,10?/m1/s1. The van der Waals surface area contributed by atoms with Crippen LogP contribution in [0.5, 0.6) is 5.75 Å². The molecule has 1 unspecified atom stereocenters. The number of nitrogens with two attached hydrogens (primary N) is 1. The lowest BCUT2D eigenvalue weighted by molar-refractivity contribution is -0.127. The van der Waals surface area contributed by atoms with E-state index in [1.807, 2.05) is 38.1 Å². The third kappa shape index (κ3) is 4.07. The summed E-state index contributed by atoms with van der Waals surface area (Å²) in [5.41, 5.74) is 6.78. The van der Waals surface area contributed by atoms with Crippen LogP contribution in [-0.2, 0) is 4.79 Å². The van der Waals surface area contributed by atoms with E-state index in [4.69, 9.17) is 10.5 Å². The predicted octanol–water partition coefficient (Wildman–Crippen LogP) is 1.61. The molecule has 94 valence electrons. The van der Waals surface area contributed by atoms with Gasteiger partial charge in [0, 0.05) is 12.6 Å². The second-order valence-electron chi connectivity index (χ2n) is 4.02. The molecule has 0 spiro atoms. The number of nitrogens with one attached hydrogen (secondary N) is 1. The average molecular weight is 236 g/mol. The molecule has 0 aliphatic carbocycles. The van der Waals surface area contributed by atoms with Gasteiger partial charge in [0.1, 0.15) is 5.75 Å². The van der Waals surface area contributed by atoms with Crippen LogP contribution in [0.4, 0.5) is 0 Å². The number of carbonyl (C=O) groups is 1. The first kappa shape index (κ1) is 13.5. The van der Waals surface area contributed by atoms with Gasteiger partial charge < -0.3 is 15.8 Å². The van der Waals surface area contributed by atoms with Gasteiger partial charge in [-0.15, -0.1) is 0 Å². The molecule has 3 N–H and O–H groups in total. The van der Waals surface area contributed by atoms with Gasteiger partial charge in [-0.2, -0.15) is 0 Å². The predicted molar refractivity (Wildman–Crippen MR) is 67.8 cm³/mol. The number of rotatable bonds is 5. The molecule has 2 atom stereocenters. The molecule has 4 nitrogen and oxygen atoms in total. The van der Waals surface area contributed by atoms with Crippen LogP contribution in [-0.4, -0.2) is 18.6 Å². The highest BCUT2D eigenvalue weighted by Gasteiger charge is 2.13. The number of ether oxygens (including phenoxy) is 1. The van der Waals surface area contributed by atoms with Gasteiger partial charge in [0.25, 0.3) is 5.91 Å². The Kier molecular flexibility index (Phi) is 4.97. The summed E-state index contributed by atoms with van der Waals surface area (Å²) >= 11 is 0. The maximum atomic E-state index is 11.5. The molecule has 4 heteroatoms. The highest BCUT2D eigenvalue weighted by molar-refractivity contribution is 5.80. The van der Waals surface area contributed by atoms with Gasteiger partial charge in [0.2, 0.25) is 0 Å². The zero-order valence-electron chi connectivity index (χ0n) is 10.6. The van der Waals surface area contributed by atoms with Crippen LogP contribution >= 0.6 is 0 Å². The van der Waals surface area contributed by atoms with Gasteiger partial charge in [-0.1, -0.05) is 12.1 Å². The van der Waals surface area contributed by atoms with Crippen molar-refractivity contribution in [2.45, 2.75) is 32.9 Å². The van der Waals surface area contributed by atoms with E-state index in [1.54, 1.807) is 6.92 Å². The van der Waals surface area contributed by atoms with Gasteiger partial charge >= 0.3 is 0 Å². The summed E-state index contributed by atoms with van der Waals surface area (Å²) < 4.78 is 5.55. The lowest BCUT2D eigenvalue weighted by atomic mass is 10.1. The SMILES string of the molecule is CCNC(=O)C(C)Oc1cccc([C@@H](C)N)c1. The van der Waals surface area contributed by atoms with Crippen molar-refractivity contribution in [2.75, 3.05) is 6.54 Å². The molecule has 0 fully saturated rings. The normalized spacial score (nSPS) is 13.9. The molecule has 17 heavy (non-hydrogen) atoms. The minimum Gasteiger partial charge on any atom is -0.481 e. The lowest BCUT2D eigenvalue weighted by Crippen LogP contribution is -2.36. The van der Waals surface area contributed by atoms with E-state index >= 15 is 0 Å². The molecule has 0 saturated carbocycles. The van der Waals surface area contributed by atoms with Crippen LogP contribution < -0.4 is 15.8 Å². The van der Waals surface area contributed by atoms with E-state index in [1.165, 1.54) is 0 Å². The molecule has 0 heterocycles. The first-order valence-electron chi connectivity index (χ1n) is 5.84. The van der Waals surface area contributed by atoms with Crippen LogP contribution in [0.15, 0.2) is 24.3 Å². The van der Waals surface area contributed by atoms with Crippen molar-refractivity contribution in [2.24, 2.45) is 5.73 Å². The highest BCUT2D eigenvalue weighted by Crippen LogP contribution is 2.18. The number of benzene rings is 1. The molecule has 1 amide bonds. The third-order valence-electron chi connectivity index (χ3n) is 2.42. The number of carbonyl (C=O) groups excluding carboxylic acids is 1. The monoisotopic (exact) mass is 236 g/mol. The van der Waals surface area contributed by atoms with Gasteiger partial charge in [0.15, 0.2) is 6.10 Å².